The third-order valence-corrected chi connectivity index (χ3v) is 2.87. The molecule has 1 fully saturated rings. The Bertz CT molecular complexity index is 482. The lowest BCUT2D eigenvalue weighted by atomic mass is 10.1. The van der Waals surface area contributed by atoms with Crippen molar-refractivity contribution in [2.45, 2.75) is 25.3 Å². The smallest absolute Gasteiger partial charge is 0.262 e. The monoisotopic (exact) mass is 294 g/mol. The van der Waals surface area contributed by atoms with Crippen LogP contribution in [-0.4, -0.2) is 24.4 Å². The fourth-order valence-electron chi connectivity index (χ4n) is 1.80. The van der Waals surface area contributed by atoms with Crippen LogP contribution in [0.2, 0.25) is 0 Å². The van der Waals surface area contributed by atoms with Gasteiger partial charge in [-0.1, -0.05) is 6.07 Å². The van der Waals surface area contributed by atoms with Crippen LogP contribution in [0.5, 0.6) is 0 Å². The highest BCUT2D eigenvalue weighted by Crippen LogP contribution is 2.25. The number of anilines is 1. The maximum absolute atomic E-state index is 13.2. The van der Waals surface area contributed by atoms with Gasteiger partial charge in [0.25, 0.3) is 5.92 Å². The molecule has 1 saturated heterocycles. The minimum Gasteiger partial charge on any atom is -0.325 e. The van der Waals surface area contributed by atoms with Gasteiger partial charge in [-0.25, -0.2) is 13.2 Å². The van der Waals surface area contributed by atoms with Crippen molar-refractivity contribution < 1.29 is 18.0 Å². The summed E-state index contributed by atoms with van der Waals surface area (Å²) >= 11 is 0. The van der Waals surface area contributed by atoms with Crippen molar-refractivity contribution in [3.63, 3.8) is 0 Å². The molecule has 0 aliphatic carbocycles. The molecule has 1 aliphatic rings. The van der Waals surface area contributed by atoms with Crippen molar-refractivity contribution in [1.82, 2.24) is 5.32 Å². The van der Waals surface area contributed by atoms with Crippen LogP contribution in [0.3, 0.4) is 0 Å². The Balaban J connectivity index is 0.00000180. The Labute approximate surface area is 115 Å². The molecule has 19 heavy (non-hydrogen) atoms. The number of carbonyl (C=O) groups excluding carboxylic acids is 1. The number of amides is 1. The first-order chi connectivity index (χ1) is 8.37. The number of hydrogen-bond acceptors (Lipinski definition) is 2. The summed E-state index contributed by atoms with van der Waals surface area (Å²) in [5, 5.41) is 4.85. The molecule has 2 N–H and O–H groups in total. The average molecular weight is 295 g/mol. The van der Waals surface area contributed by atoms with Gasteiger partial charge in [0.15, 0.2) is 0 Å². The number of benzene rings is 1. The molecule has 1 aromatic carbocycles. The van der Waals surface area contributed by atoms with E-state index in [9.17, 15) is 18.0 Å². The summed E-state index contributed by atoms with van der Waals surface area (Å²) in [5.74, 6) is -3.88. The highest BCUT2D eigenvalue weighted by atomic mass is 35.5. The van der Waals surface area contributed by atoms with Crippen LogP contribution >= 0.6 is 12.4 Å². The second-order valence-corrected chi connectivity index (χ2v) is 4.45. The molecule has 3 nitrogen and oxygen atoms in total. The van der Waals surface area contributed by atoms with Crippen molar-refractivity contribution >= 4 is 24.0 Å². The van der Waals surface area contributed by atoms with Crippen molar-refractivity contribution in [1.29, 1.82) is 0 Å². The standard InChI is InChI=1S/C12H13F3N2O.ClH/c1-7-2-3-8(4-9(7)13)17-11(18)10-5-12(14,15)6-16-10;/h2-4,10,16H,5-6H2,1H3,(H,17,18);1H. The quantitative estimate of drug-likeness (QED) is 0.880. The Morgan fingerprint density at radius 3 is 2.68 bits per heavy atom. The van der Waals surface area contributed by atoms with Crippen LogP contribution in [0.4, 0.5) is 18.9 Å². The lowest BCUT2D eigenvalue weighted by Crippen LogP contribution is -2.35. The number of aryl methyl sites for hydroxylation is 1. The second-order valence-electron chi connectivity index (χ2n) is 4.45. The molecular formula is C12H14ClF3N2O. The predicted molar refractivity (Wildman–Crippen MR) is 68.4 cm³/mol. The van der Waals surface area contributed by atoms with Crippen molar-refractivity contribution in [3.05, 3.63) is 29.6 Å². The number of alkyl halides is 2. The van der Waals surface area contributed by atoms with Gasteiger partial charge in [-0.15, -0.1) is 12.4 Å². The van der Waals surface area contributed by atoms with E-state index >= 15 is 0 Å². The average Bonchev–Trinajstić information content (AvgIpc) is 2.64. The SMILES string of the molecule is Cc1ccc(NC(=O)C2CC(F)(F)CN2)cc1F.Cl. The van der Waals surface area contributed by atoms with E-state index < -0.39 is 36.7 Å². The van der Waals surface area contributed by atoms with Gasteiger partial charge in [0.1, 0.15) is 5.82 Å². The molecule has 106 valence electrons. The summed E-state index contributed by atoms with van der Waals surface area (Å²) in [7, 11) is 0. The largest absolute Gasteiger partial charge is 0.325 e. The van der Waals surface area contributed by atoms with Gasteiger partial charge in [0, 0.05) is 12.1 Å². The first kappa shape index (κ1) is 15.8. The van der Waals surface area contributed by atoms with Gasteiger partial charge in [0.05, 0.1) is 12.6 Å². The minimum atomic E-state index is -2.86. The van der Waals surface area contributed by atoms with Gasteiger partial charge >= 0.3 is 0 Å². The highest BCUT2D eigenvalue weighted by Gasteiger charge is 2.42. The van der Waals surface area contributed by atoms with E-state index in [1.54, 1.807) is 6.92 Å². The van der Waals surface area contributed by atoms with Crippen LogP contribution < -0.4 is 10.6 Å². The summed E-state index contributed by atoms with van der Waals surface area (Å²) in [6, 6.07) is 3.27. The fraction of sp³-hybridized carbons (Fsp3) is 0.417. The van der Waals surface area contributed by atoms with E-state index in [-0.39, 0.29) is 18.1 Å². The van der Waals surface area contributed by atoms with Gasteiger partial charge in [-0.05, 0) is 24.6 Å². The van der Waals surface area contributed by atoms with Gasteiger partial charge in [0.2, 0.25) is 5.91 Å². The maximum atomic E-state index is 13.2. The topological polar surface area (TPSA) is 41.1 Å². The molecule has 0 radical (unpaired) electrons. The number of halogens is 4. The molecule has 1 aliphatic heterocycles. The minimum absolute atomic E-state index is 0. The molecule has 0 bridgehead atoms. The molecule has 0 aromatic heterocycles. The zero-order valence-electron chi connectivity index (χ0n) is 10.2. The van der Waals surface area contributed by atoms with Crippen molar-refractivity contribution in [2.24, 2.45) is 0 Å². The molecular weight excluding hydrogens is 281 g/mol. The summed E-state index contributed by atoms with van der Waals surface area (Å²) in [6.07, 6.45) is -0.535. The third-order valence-electron chi connectivity index (χ3n) is 2.87. The summed E-state index contributed by atoms with van der Waals surface area (Å²) in [4.78, 5) is 11.7. The predicted octanol–water partition coefficient (Wildman–Crippen LogP) is 2.49. The molecule has 1 atom stereocenters. The number of carbonyl (C=O) groups is 1. The van der Waals surface area contributed by atoms with Gasteiger partial charge in [-0.3, -0.25) is 10.1 Å². The Hall–Kier alpha value is -1.27. The first-order valence-corrected chi connectivity index (χ1v) is 5.56. The molecule has 0 spiro atoms. The highest BCUT2D eigenvalue weighted by molar-refractivity contribution is 5.95. The first-order valence-electron chi connectivity index (χ1n) is 5.56. The molecule has 1 heterocycles. The molecule has 1 unspecified atom stereocenters. The Morgan fingerprint density at radius 2 is 2.16 bits per heavy atom. The molecule has 1 aromatic rings. The molecule has 2 rings (SSSR count). The van der Waals surface area contributed by atoms with Crippen LogP contribution in [-0.2, 0) is 4.79 Å². The van der Waals surface area contributed by atoms with Crippen LogP contribution in [0.1, 0.15) is 12.0 Å². The molecule has 1 amide bonds. The lowest BCUT2D eigenvalue weighted by molar-refractivity contribution is -0.118. The Kier molecular flexibility index (Phi) is 4.81. The second kappa shape index (κ2) is 5.79. The van der Waals surface area contributed by atoms with E-state index in [4.69, 9.17) is 0 Å². The van der Waals surface area contributed by atoms with Crippen LogP contribution in [0, 0.1) is 12.7 Å². The van der Waals surface area contributed by atoms with Gasteiger partial charge in [-0.2, -0.15) is 0 Å². The lowest BCUT2D eigenvalue weighted by Gasteiger charge is -2.11. The molecule has 0 saturated carbocycles. The number of nitrogens with one attached hydrogen (secondary N) is 2. The van der Waals surface area contributed by atoms with Crippen LogP contribution in [0.15, 0.2) is 18.2 Å². The van der Waals surface area contributed by atoms with E-state index in [2.05, 4.69) is 10.6 Å². The van der Waals surface area contributed by atoms with Crippen molar-refractivity contribution in [2.75, 3.05) is 11.9 Å². The third kappa shape index (κ3) is 3.84. The normalized spacial score (nSPS) is 20.7. The van der Waals surface area contributed by atoms with Gasteiger partial charge < -0.3 is 5.32 Å². The Morgan fingerprint density at radius 1 is 1.47 bits per heavy atom. The van der Waals surface area contributed by atoms with E-state index in [1.165, 1.54) is 18.2 Å². The summed E-state index contributed by atoms with van der Waals surface area (Å²) in [6.45, 7) is 1.09. The van der Waals surface area contributed by atoms with E-state index in [1.807, 2.05) is 0 Å². The number of hydrogen-bond donors (Lipinski definition) is 2. The zero-order chi connectivity index (χ0) is 13.3. The van der Waals surface area contributed by atoms with E-state index in [0.717, 1.165) is 0 Å². The fourth-order valence-corrected chi connectivity index (χ4v) is 1.80. The molecule has 7 heteroatoms. The number of rotatable bonds is 2. The summed E-state index contributed by atoms with van der Waals surface area (Å²) < 4.78 is 39.1. The van der Waals surface area contributed by atoms with Crippen molar-refractivity contribution in [3.8, 4) is 0 Å². The zero-order valence-corrected chi connectivity index (χ0v) is 11.0. The van der Waals surface area contributed by atoms with E-state index in [0.29, 0.717) is 5.56 Å². The maximum Gasteiger partial charge on any atom is 0.262 e. The van der Waals surface area contributed by atoms with Crippen LogP contribution in [0.25, 0.3) is 0 Å². The summed E-state index contributed by atoms with van der Waals surface area (Å²) in [5.41, 5.74) is 0.721.